The molecule has 0 radical (unpaired) electrons. The van der Waals surface area contributed by atoms with Crippen molar-refractivity contribution >= 4 is 17.5 Å². The third-order valence-corrected chi connectivity index (χ3v) is 5.73. The highest BCUT2D eigenvalue weighted by atomic mass is 19.1. The summed E-state index contributed by atoms with van der Waals surface area (Å²) in [6.45, 7) is 1.83. The van der Waals surface area contributed by atoms with Crippen molar-refractivity contribution in [1.29, 1.82) is 0 Å². The highest BCUT2D eigenvalue weighted by molar-refractivity contribution is 6.06. The molecule has 2 fully saturated rings. The van der Waals surface area contributed by atoms with Crippen molar-refractivity contribution in [3.8, 4) is 0 Å². The molecule has 1 aliphatic heterocycles. The molecule has 2 aromatic carbocycles. The van der Waals surface area contributed by atoms with Gasteiger partial charge in [0, 0.05) is 6.54 Å². The SMILES string of the molecule is Cc1ccc(N2CC(=O)N(Cc3ccc(F)cc3)C(C3CCC3)C2=O)c(F)c1. The minimum Gasteiger partial charge on any atom is -0.324 e. The van der Waals surface area contributed by atoms with Crippen LogP contribution in [0.15, 0.2) is 42.5 Å². The molecule has 1 saturated carbocycles. The van der Waals surface area contributed by atoms with Gasteiger partial charge in [0.05, 0.1) is 5.69 Å². The van der Waals surface area contributed by atoms with E-state index >= 15 is 0 Å². The molecule has 146 valence electrons. The maximum atomic E-state index is 14.5. The van der Waals surface area contributed by atoms with Crippen LogP contribution in [-0.2, 0) is 16.1 Å². The zero-order chi connectivity index (χ0) is 19.8. The third kappa shape index (κ3) is 3.39. The van der Waals surface area contributed by atoms with E-state index < -0.39 is 11.9 Å². The number of piperazine rings is 1. The molecule has 0 spiro atoms. The fourth-order valence-electron chi connectivity index (χ4n) is 3.97. The molecular weight excluding hydrogens is 362 g/mol. The molecule has 2 amide bonds. The Balaban J connectivity index is 1.65. The highest BCUT2D eigenvalue weighted by Crippen LogP contribution is 2.37. The summed E-state index contributed by atoms with van der Waals surface area (Å²) in [7, 11) is 0. The van der Waals surface area contributed by atoms with E-state index in [1.54, 1.807) is 36.1 Å². The zero-order valence-corrected chi connectivity index (χ0v) is 15.7. The van der Waals surface area contributed by atoms with Crippen LogP contribution in [0.25, 0.3) is 0 Å². The van der Waals surface area contributed by atoms with Gasteiger partial charge in [0.1, 0.15) is 24.2 Å². The Hall–Kier alpha value is -2.76. The third-order valence-electron chi connectivity index (χ3n) is 5.73. The molecule has 1 aliphatic carbocycles. The number of benzene rings is 2. The summed E-state index contributed by atoms with van der Waals surface area (Å²) in [6.07, 6.45) is 2.76. The van der Waals surface area contributed by atoms with E-state index in [0.717, 1.165) is 30.4 Å². The first-order chi connectivity index (χ1) is 13.4. The molecule has 0 N–H and O–H groups in total. The van der Waals surface area contributed by atoms with Gasteiger partial charge in [-0.25, -0.2) is 8.78 Å². The van der Waals surface area contributed by atoms with Gasteiger partial charge in [-0.15, -0.1) is 0 Å². The Labute approximate surface area is 162 Å². The fraction of sp³-hybridized carbons (Fsp3) is 0.364. The Bertz CT molecular complexity index is 909. The van der Waals surface area contributed by atoms with Crippen LogP contribution < -0.4 is 4.90 Å². The number of aryl methyl sites for hydroxylation is 1. The number of anilines is 1. The lowest BCUT2D eigenvalue weighted by molar-refractivity contribution is -0.147. The topological polar surface area (TPSA) is 40.6 Å². The average Bonchev–Trinajstić information content (AvgIpc) is 2.61. The van der Waals surface area contributed by atoms with Crippen LogP contribution in [0.2, 0.25) is 0 Å². The molecule has 4 nitrogen and oxygen atoms in total. The van der Waals surface area contributed by atoms with Gasteiger partial charge < -0.3 is 4.90 Å². The second-order valence-electron chi connectivity index (χ2n) is 7.66. The summed E-state index contributed by atoms with van der Waals surface area (Å²) >= 11 is 0. The summed E-state index contributed by atoms with van der Waals surface area (Å²) in [5.74, 6) is -1.23. The molecule has 1 heterocycles. The Kier molecular flexibility index (Phi) is 4.87. The van der Waals surface area contributed by atoms with Gasteiger partial charge in [0.15, 0.2) is 0 Å². The lowest BCUT2D eigenvalue weighted by Crippen LogP contribution is -2.63. The van der Waals surface area contributed by atoms with Crippen LogP contribution in [0.1, 0.15) is 30.4 Å². The standard InChI is InChI=1S/C22H22F2N2O2/c1-14-5-10-19(18(24)11-14)25-13-20(27)26(12-15-6-8-17(23)9-7-15)21(22(25)28)16-3-2-4-16/h5-11,16,21H,2-4,12-13H2,1H3. The highest BCUT2D eigenvalue weighted by Gasteiger charge is 2.46. The number of amides is 2. The maximum Gasteiger partial charge on any atom is 0.250 e. The molecule has 1 saturated heterocycles. The first-order valence-corrected chi connectivity index (χ1v) is 9.55. The zero-order valence-electron chi connectivity index (χ0n) is 15.7. The quantitative estimate of drug-likeness (QED) is 0.804. The van der Waals surface area contributed by atoms with Crippen LogP contribution in [0.3, 0.4) is 0 Å². The Morgan fingerprint density at radius 1 is 1.04 bits per heavy atom. The van der Waals surface area contributed by atoms with E-state index in [0.29, 0.717) is 0 Å². The number of hydrogen-bond acceptors (Lipinski definition) is 2. The van der Waals surface area contributed by atoms with Gasteiger partial charge in [0.2, 0.25) is 5.91 Å². The number of halogens is 2. The molecule has 1 atom stereocenters. The molecule has 4 rings (SSSR count). The van der Waals surface area contributed by atoms with Crippen LogP contribution >= 0.6 is 0 Å². The smallest absolute Gasteiger partial charge is 0.250 e. The maximum absolute atomic E-state index is 14.5. The lowest BCUT2D eigenvalue weighted by Gasteiger charge is -2.46. The average molecular weight is 384 g/mol. The molecule has 6 heteroatoms. The molecule has 0 aromatic heterocycles. The normalized spacial score (nSPS) is 20.5. The van der Waals surface area contributed by atoms with Gasteiger partial charge in [0.25, 0.3) is 5.91 Å². The fourth-order valence-corrected chi connectivity index (χ4v) is 3.97. The van der Waals surface area contributed by atoms with Crippen molar-refractivity contribution in [3.63, 3.8) is 0 Å². The first kappa shape index (κ1) is 18.6. The number of nitrogens with zero attached hydrogens (tertiary/aromatic N) is 2. The van der Waals surface area contributed by atoms with Crippen molar-refractivity contribution in [2.24, 2.45) is 5.92 Å². The summed E-state index contributed by atoms with van der Waals surface area (Å²) in [6, 6.07) is 9.99. The van der Waals surface area contributed by atoms with Crippen LogP contribution in [0.5, 0.6) is 0 Å². The van der Waals surface area contributed by atoms with Crippen molar-refractivity contribution in [2.75, 3.05) is 11.4 Å². The van der Waals surface area contributed by atoms with Gasteiger partial charge in [-0.05, 0) is 61.1 Å². The van der Waals surface area contributed by atoms with E-state index in [9.17, 15) is 18.4 Å². The van der Waals surface area contributed by atoms with E-state index in [2.05, 4.69) is 0 Å². The molecule has 28 heavy (non-hydrogen) atoms. The second-order valence-corrected chi connectivity index (χ2v) is 7.66. The van der Waals surface area contributed by atoms with Crippen LogP contribution in [0, 0.1) is 24.5 Å². The summed E-state index contributed by atoms with van der Waals surface area (Å²) in [5.41, 5.74) is 1.67. The van der Waals surface area contributed by atoms with Gasteiger partial charge in [-0.3, -0.25) is 14.5 Å². The van der Waals surface area contributed by atoms with E-state index in [1.165, 1.54) is 23.1 Å². The molecule has 2 aromatic rings. The van der Waals surface area contributed by atoms with Gasteiger partial charge in [-0.2, -0.15) is 0 Å². The number of carbonyl (C=O) groups excluding carboxylic acids is 2. The molecular formula is C22H22F2N2O2. The summed E-state index contributed by atoms with van der Waals surface area (Å²) in [4.78, 5) is 29.1. The first-order valence-electron chi connectivity index (χ1n) is 9.55. The number of carbonyl (C=O) groups is 2. The predicted molar refractivity (Wildman–Crippen MR) is 102 cm³/mol. The Morgan fingerprint density at radius 3 is 2.36 bits per heavy atom. The van der Waals surface area contributed by atoms with E-state index in [1.807, 2.05) is 0 Å². The van der Waals surface area contributed by atoms with Gasteiger partial charge >= 0.3 is 0 Å². The lowest BCUT2D eigenvalue weighted by atomic mass is 9.77. The van der Waals surface area contributed by atoms with Crippen molar-refractivity contribution in [1.82, 2.24) is 4.90 Å². The summed E-state index contributed by atoms with van der Waals surface area (Å²) in [5, 5.41) is 0. The largest absolute Gasteiger partial charge is 0.324 e. The van der Waals surface area contributed by atoms with Crippen LogP contribution in [-0.4, -0.2) is 29.3 Å². The van der Waals surface area contributed by atoms with Crippen LogP contribution in [0.4, 0.5) is 14.5 Å². The van der Waals surface area contributed by atoms with Crippen molar-refractivity contribution in [3.05, 3.63) is 65.2 Å². The monoisotopic (exact) mass is 384 g/mol. The van der Waals surface area contributed by atoms with Gasteiger partial charge in [-0.1, -0.05) is 24.6 Å². The minimum atomic E-state index is -0.610. The van der Waals surface area contributed by atoms with E-state index in [-0.39, 0.29) is 42.3 Å². The number of hydrogen-bond donors (Lipinski definition) is 0. The minimum absolute atomic E-state index is 0.0770. The summed E-state index contributed by atoms with van der Waals surface area (Å²) < 4.78 is 27.7. The molecule has 0 bridgehead atoms. The second kappa shape index (κ2) is 7.34. The predicted octanol–water partition coefficient (Wildman–Crippen LogP) is 3.82. The Morgan fingerprint density at radius 2 is 1.75 bits per heavy atom. The molecule has 2 aliphatic rings. The van der Waals surface area contributed by atoms with E-state index in [4.69, 9.17) is 0 Å². The van der Waals surface area contributed by atoms with Crippen molar-refractivity contribution < 1.29 is 18.4 Å². The van der Waals surface area contributed by atoms with Crippen molar-refractivity contribution in [2.45, 2.75) is 38.8 Å². The molecule has 1 unspecified atom stereocenters. The number of rotatable bonds is 4.